The third-order valence-electron chi connectivity index (χ3n) is 4.30. The molecule has 0 saturated carbocycles. The van der Waals surface area contributed by atoms with Crippen LogP contribution in [-0.4, -0.2) is 29.8 Å². The maximum Gasteiger partial charge on any atom is 0.351 e. The molecule has 0 unspecified atom stereocenters. The molecule has 2 heterocycles. The molecule has 0 aliphatic carbocycles. The summed E-state index contributed by atoms with van der Waals surface area (Å²) in [5.41, 5.74) is 2.03. The summed E-state index contributed by atoms with van der Waals surface area (Å²) in [5.74, 6) is 0.164. The molecule has 148 valence electrons. The fourth-order valence-corrected chi connectivity index (χ4v) is 3.73. The standard InChI is InChI=1S/C21H18N2O5S/c1-12-18(29-20(22-12)14-6-4-3-5-7-14)21(25)28-13(2)19(24)23-15-8-9-16-17(10-15)27-11-26-16/h3-10,13H,11H2,1-2H3,(H,23,24)/t13-/m1/s1. The molecule has 1 aliphatic rings. The van der Waals surface area contributed by atoms with Crippen LogP contribution in [0.5, 0.6) is 11.5 Å². The second-order valence-corrected chi connectivity index (χ2v) is 7.40. The Balaban J connectivity index is 1.41. The summed E-state index contributed by atoms with van der Waals surface area (Å²) >= 11 is 1.24. The van der Waals surface area contributed by atoms with Gasteiger partial charge in [0.2, 0.25) is 6.79 Å². The first-order valence-corrected chi connectivity index (χ1v) is 9.77. The number of carbonyl (C=O) groups is 2. The molecule has 2 aromatic carbocycles. The zero-order chi connectivity index (χ0) is 20.4. The van der Waals surface area contributed by atoms with Crippen LogP contribution in [0.1, 0.15) is 22.3 Å². The van der Waals surface area contributed by atoms with Gasteiger partial charge in [-0.25, -0.2) is 9.78 Å². The van der Waals surface area contributed by atoms with Crippen molar-refractivity contribution in [1.29, 1.82) is 0 Å². The SMILES string of the molecule is Cc1nc(-c2ccccc2)sc1C(=O)O[C@H](C)C(=O)Nc1ccc2c(c1)OCO2. The summed E-state index contributed by atoms with van der Waals surface area (Å²) in [4.78, 5) is 29.8. The number of esters is 1. The molecule has 8 heteroatoms. The Kier molecular flexibility index (Phi) is 5.18. The predicted molar refractivity (Wildman–Crippen MR) is 108 cm³/mol. The maximum atomic E-state index is 12.6. The largest absolute Gasteiger partial charge is 0.454 e. The molecule has 0 fully saturated rings. The molecule has 0 radical (unpaired) electrons. The van der Waals surface area contributed by atoms with Crippen LogP contribution in [0, 0.1) is 6.92 Å². The molecule has 1 N–H and O–H groups in total. The Labute approximate surface area is 171 Å². The van der Waals surface area contributed by atoms with E-state index in [9.17, 15) is 9.59 Å². The van der Waals surface area contributed by atoms with Crippen molar-refractivity contribution in [2.24, 2.45) is 0 Å². The lowest BCUT2D eigenvalue weighted by molar-refractivity contribution is -0.123. The third kappa shape index (κ3) is 4.07. The highest BCUT2D eigenvalue weighted by atomic mass is 32.1. The van der Waals surface area contributed by atoms with E-state index < -0.39 is 18.0 Å². The van der Waals surface area contributed by atoms with Gasteiger partial charge in [-0.3, -0.25) is 4.79 Å². The van der Waals surface area contributed by atoms with Crippen LogP contribution in [0.15, 0.2) is 48.5 Å². The minimum Gasteiger partial charge on any atom is -0.454 e. The summed E-state index contributed by atoms with van der Waals surface area (Å²) in [7, 11) is 0. The number of hydrogen-bond donors (Lipinski definition) is 1. The Morgan fingerprint density at radius 2 is 1.90 bits per heavy atom. The molecule has 0 spiro atoms. The van der Waals surface area contributed by atoms with Gasteiger partial charge in [-0.15, -0.1) is 11.3 Å². The van der Waals surface area contributed by atoms with E-state index >= 15 is 0 Å². The highest BCUT2D eigenvalue weighted by molar-refractivity contribution is 7.17. The van der Waals surface area contributed by atoms with Crippen LogP contribution in [0.3, 0.4) is 0 Å². The second kappa shape index (κ2) is 7.92. The lowest BCUT2D eigenvalue weighted by Crippen LogP contribution is -2.29. The van der Waals surface area contributed by atoms with Crippen LogP contribution in [0.2, 0.25) is 0 Å². The number of ether oxygens (including phenoxy) is 3. The molecule has 1 aliphatic heterocycles. The average Bonchev–Trinajstić information content (AvgIpc) is 3.34. The molecule has 29 heavy (non-hydrogen) atoms. The van der Waals surface area contributed by atoms with E-state index in [2.05, 4.69) is 10.3 Å². The Morgan fingerprint density at radius 1 is 1.14 bits per heavy atom. The lowest BCUT2D eigenvalue weighted by Gasteiger charge is -2.13. The molecule has 0 saturated heterocycles. The number of nitrogens with one attached hydrogen (secondary N) is 1. The van der Waals surface area contributed by atoms with Crippen LogP contribution < -0.4 is 14.8 Å². The zero-order valence-corrected chi connectivity index (χ0v) is 16.6. The summed E-state index contributed by atoms with van der Waals surface area (Å²) in [6, 6.07) is 14.6. The first-order valence-electron chi connectivity index (χ1n) is 8.95. The molecule has 1 aromatic heterocycles. The maximum absolute atomic E-state index is 12.6. The molecule has 7 nitrogen and oxygen atoms in total. The number of thiazole rings is 1. The number of aromatic nitrogens is 1. The molecule has 3 aromatic rings. The Bertz CT molecular complexity index is 1060. The summed E-state index contributed by atoms with van der Waals surface area (Å²) in [6.07, 6.45) is -0.977. The first kappa shape index (κ1) is 18.9. The zero-order valence-electron chi connectivity index (χ0n) is 15.8. The first-order chi connectivity index (χ1) is 14.0. The van der Waals surface area contributed by atoms with E-state index in [-0.39, 0.29) is 6.79 Å². The Hall–Kier alpha value is -3.39. The van der Waals surface area contributed by atoms with Crippen molar-refractivity contribution in [3.8, 4) is 22.1 Å². The number of anilines is 1. The van der Waals surface area contributed by atoms with Gasteiger partial charge in [-0.2, -0.15) is 0 Å². The van der Waals surface area contributed by atoms with Crippen molar-refractivity contribution < 1.29 is 23.8 Å². The average molecular weight is 410 g/mol. The number of rotatable bonds is 5. The molecular formula is C21H18N2O5S. The van der Waals surface area contributed by atoms with Gasteiger partial charge in [0, 0.05) is 17.3 Å². The van der Waals surface area contributed by atoms with Crippen LogP contribution in [0.25, 0.3) is 10.6 Å². The monoisotopic (exact) mass is 410 g/mol. The van der Waals surface area contributed by atoms with Gasteiger partial charge >= 0.3 is 5.97 Å². The van der Waals surface area contributed by atoms with E-state index in [0.29, 0.717) is 27.8 Å². The molecule has 4 rings (SSSR count). The number of benzene rings is 2. The van der Waals surface area contributed by atoms with Gasteiger partial charge in [0.1, 0.15) is 9.88 Å². The lowest BCUT2D eigenvalue weighted by atomic mass is 10.2. The van der Waals surface area contributed by atoms with Crippen molar-refractivity contribution in [3.05, 3.63) is 59.1 Å². The van der Waals surface area contributed by atoms with Gasteiger partial charge in [0.25, 0.3) is 5.91 Å². The van der Waals surface area contributed by atoms with Gasteiger partial charge in [0.15, 0.2) is 17.6 Å². The van der Waals surface area contributed by atoms with Gasteiger partial charge in [-0.1, -0.05) is 30.3 Å². The fourth-order valence-electron chi connectivity index (χ4n) is 2.78. The molecule has 1 atom stereocenters. The second-order valence-electron chi connectivity index (χ2n) is 6.40. The van der Waals surface area contributed by atoms with Crippen molar-refractivity contribution in [2.45, 2.75) is 20.0 Å². The van der Waals surface area contributed by atoms with Crippen LogP contribution >= 0.6 is 11.3 Å². The topological polar surface area (TPSA) is 86.8 Å². The predicted octanol–water partition coefficient (Wildman–Crippen LogP) is 4.03. The number of amides is 1. The number of fused-ring (bicyclic) bond motifs is 1. The van der Waals surface area contributed by atoms with E-state index in [1.54, 1.807) is 25.1 Å². The summed E-state index contributed by atoms with van der Waals surface area (Å²) < 4.78 is 15.9. The Morgan fingerprint density at radius 3 is 2.69 bits per heavy atom. The van der Waals surface area contributed by atoms with Crippen molar-refractivity contribution in [3.63, 3.8) is 0 Å². The van der Waals surface area contributed by atoms with E-state index in [0.717, 1.165) is 10.6 Å². The van der Waals surface area contributed by atoms with Crippen LogP contribution in [-0.2, 0) is 9.53 Å². The summed E-state index contributed by atoms with van der Waals surface area (Å²) in [6.45, 7) is 3.42. The van der Waals surface area contributed by atoms with Crippen molar-refractivity contribution >= 4 is 28.9 Å². The molecule has 0 bridgehead atoms. The fraction of sp³-hybridized carbons (Fsp3) is 0.190. The normalized spacial score (nSPS) is 13.0. The number of hydrogen-bond acceptors (Lipinski definition) is 7. The van der Waals surface area contributed by atoms with Gasteiger partial charge in [0.05, 0.1) is 5.69 Å². The molecule has 1 amide bonds. The third-order valence-corrected chi connectivity index (χ3v) is 5.48. The highest BCUT2D eigenvalue weighted by Crippen LogP contribution is 2.34. The quantitative estimate of drug-likeness (QED) is 0.639. The van der Waals surface area contributed by atoms with E-state index in [4.69, 9.17) is 14.2 Å². The smallest absolute Gasteiger partial charge is 0.351 e. The highest BCUT2D eigenvalue weighted by Gasteiger charge is 2.24. The summed E-state index contributed by atoms with van der Waals surface area (Å²) in [5, 5.41) is 3.44. The van der Waals surface area contributed by atoms with E-state index in [1.807, 2.05) is 30.3 Å². The minimum atomic E-state index is -0.977. The van der Waals surface area contributed by atoms with Crippen molar-refractivity contribution in [1.82, 2.24) is 4.98 Å². The van der Waals surface area contributed by atoms with Gasteiger partial charge in [-0.05, 0) is 26.0 Å². The number of aryl methyl sites for hydroxylation is 1. The van der Waals surface area contributed by atoms with E-state index in [1.165, 1.54) is 18.3 Å². The number of carbonyl (C=O) groups excluding carboxylic acids is 2. The number of nitrogens with zero attached hydrogens (tertiary/aromatic N) is 1. The minimum absolute atomic E-state index is 0.153. The van der Waals surface area contributed by atoms with Crippen molar-refractivity contribution in [2.75, 3.05) is 12.1 Å². The molecular weight excluding hydrogens is 392 g/mol. The van der Waals surface area contributed by atoms with Crippen LogP contribution in [0.4, 0.5) is 5.69 Å². The van der Waals surface area contributed by atoms with Gasteiger partial charge < -0.3 is 19.5 Å².